The van der Waals surface area contributed by atoms with Crippen LogP contribution in [0.3, 0.4) is 0 Å². The Morgan fingerprint density at radius 3 is 3.00 bits per heavy atom. The predicted octanol–water partition coefficient (Wildman–Crippen LogP) is 1.91. The Morgan fingerprint density at radius 2 is 2.43 bits per heavy atom. The largest absolute Gasteiger partial charge is 0.481 e. The molecule has 0 saturated heterocycles. The maximum Gasteiger partial charge on any atom is 0.226 e. The van der Waals surface area contributed by atoms with Gasteiger partial charge in [-0.2, -0.15) is 4.98 Å². The van der Waals surface area contributed by atoms with E-state index in [0.29, 0.717) is 17.7 Å². The van der Waals surface area contributed by atoms with Crippen LogP contribution < -0.4 is 10.1 Å². The van der Waals surface area contributed by atoms with Gasteiger partial charge in [-0.3, -0.25) is 0 Å². The number of methoxy groups -OCH3 is 1. The Hall–Kier alpha value is -1.03. The lowest BCUT2D eigenvalue weighted by atomic mass is 10.3. The summed E-state index contributed by atoms with van der Waals surface area (Å²) < 4.78 is 4.98. The summed E-state index contributed by atoms with van der Waals surface area (Å²) >= 11 is 5.74. The fraction of sp³-hybridized carbons (Fsp3) is 0.556. The van der Waals surface area contributed by atoms with Crippen molar-refractivity contribution >= 4 is 17.5 Å². The van der Waals surface area contributed by atoms with Gasteiger partial charge >= 0.3 is 0 Å². The maximum atomic E-state index is 5.74. The number of hydrogen-bond donors (Lipinski definition) is 1. The minimum Gasteiger partial charge on any atom is -0.481 e. The molecule has 0 aromatic carbocycles. The molecule has 0 aliphatic carbocycles. The molecular formula is C9H14ClN3O. The Bertz CT molecular complexity index is 279. The van der Waals surface area contributed by atoms with Crippen LogP contribution in [-0.2, 0) is 0 Å². The zero-order chi connectivity index (χ0) is 10.4. The number of ether oxygens (including phenoxy) is 1. The summed E-state index contributed by atoms with van der Waals surface area (Å²) in [6, 6.07) is 1.90. The highest BCUT2D eigenvalue weighted by atomic mass is 35.5. The van der Waals surface area contributed by atoms with Crippen molar-refractivity contribution in [3.05, 3.63) is 12.3 Å². The van der Waals surface area contributed by atoms with Crippen molar-refractivity contribution in [1.82, 2.24) is 9.97 Å². The van der Waals surface area contributed by atoms with Gasteiger partial charge in [0, 0.05) is 24.2 Å². The van der Waals surface area contributed by atoms with E-state index >= 15 is 0 Å². The average molecular weight is 216 g/mol. The van der Waals surface area contributed by atoms with E-state index in [4.69, 9.17) is 16.3 Å². The van der Waals surface area contributed by atoms with E-state index in [2.05, 4.69) is 22.2 Å². The van der Waals surface area contributed by atoms with Crippen LogP contribution in [-0.4, -0.2) is 29.0 Å². The first-order valence-electron chi connectivity index (χ1n) is 4.49. The highest BCUT2D eigenvalue weighted by Crippen LogP contribution is 2.09. The first-order valence-corrected chi connectivity index (χ1v) is 5.03. The van der Waals surface area contributed by atoms with E-state index < -0.39 is 0 Å². The fourth-order valence-corrected chi connectivity index (χ4v) is 1.25. The summed E-state index contributed by atoms with van der Waals surface area (Å²) in [6.07, 6.45) is 2.58. The number of aromatic nitrogens is 2. The van der Waals surface area contributed by atoms with Crippen molar-refractivity contribution < 1.29 is 4.74 Å². The van der Waals surface area contributed by atoms with Crippen LogP contribution in [0.4, 0.5) is 5.95 Å². The van der Waals surface area contributed by atoms with Crippen LogP contribution >= 0.6 is 11.6 Å². The molecule has 0 saturated carbocycles. The lowest BCUT2D eigenvalue weighted by molar-refractivity contribution is 0.397. The summed E-state index contributed by atoms with van der Waals surface area (Å²) in [5, 5.41) is 3.12. The summed E-state index contributed by atoms with van der Waals surface area (Å²) in [7, 11) is 1.57. The van der Waals surface area contributed by atoms with Crippen molar-refractivity contribution in [3.8, 4) is 5.88 Å². The van der Waals surface area contributed by atoms with Crippen LogP contribution in [0.5, 0.6) is 5.88 Å². The van der Waals surface area contributed by atoms with Crippen LogP contribution in [0, 0.1) is 0 Å². The third-order valence-electron chi connectivity index (χ3n) is 1.85. The molecule has 0 bridgehead atoms. The van der Waals surface area contributed by atoms with E-state index in [1.54, 1.807) is 19.4 Å². The minimum absolute atomic E-state index is 0.198. The number of hydrogen-bond acceptors (Lipinski definition) is 4. The Kier molecular flexibility index (Phi) is 4.46. The number of halogens is 1. The van der Waals surface area contributed by atoms with Crippen molar-refractivity contribution in [2.75, 3.05) is 18.3 Å². The van der Waals surface area contributed by atoms with Gasteiger partial charge < -0.3 is 10.1 Å². The fourth-order valence-electron chi connectivity index (χ4n) is 0.958. The average Bonchev–Trinajstić information content (AvgIpc) is 2.26. The molecule has 4 nitrogen and oxygen atoms in total. The molecule has 5 heteroatoms. The van der Waals surface area contributed by atoms with Gasteiger partial charge in [-0.1, -0.05) is 6.92 Å². The Balaban J connectivity index is 2.65. The highest BCUT2D eigenvalue weighted by Gasteiger charge is 2.06. The van der Waals surface area contributed by atoms with Gasteiger partial charge in [0.2, 0.25) is 11.8 Å². The van der Waals surface area contributed by atoms with Crippen LogP contribution in [0.15, 0.2) is 12.3 Å². The van der Waals surface area contributed by atoms with E-state index in [1.807, 2.05) is 0 Å². The first-order chi connectivity index (χ1) is 6.80. The number of alkyl halides is 1. The van der Waals surface area contributed by atoms with Crippen molar-refractivity contribution in [1.29, 1.82) is 0 Å². The summed E-state index contributed by atoms with van der Waals surface area (Å²) in [4.78, 5) is 8.19. The van der Waals surface area contributed by atoms with E-state index in [0.717, 1.165) is 6.42 Å². The zero-order valence-electron chi connectivity index (χ0n) is 8.33. The van der Waals surface area contributed by atoms with E-state index in [9.17, 15) is 0 Å². The second kappa shape index (κ2) is 5.65. The smallest absolute Gasteiger partial charge is 0.226 e. The van der Waals surface area contributed by atoms with E-state index in [-0.39, 0.29) is 6.04 Å². The second-order valence-corrected chi connectivity index (χ2v) is 3.14. The van der Waals surface area contributed by atoms with Crippen LogP contribution in [0.1, 0.15) is 13.3 Å². The SMILES string of the molecule is CCC(CCl)Nc1nccc(OC)n1. The molecule has 1 atom stereocenters. The molecule has 14 heavy (non-hydrogen) atoms. The van der Waals surface area contributed by atoms with Gasteiger partial charge in [0.25, 0.3) is 0 Å². The van der Waals surface area contributed by atoms with Gasteiger partial charge in [-0.25, -0.2) is 4.98 Å². The Morgan fingerprint density at radius 1 is 1.64 bits per heavy atom. The number of rotatable bonds is 5. The van der Waals surface area contributed by atoms with Crippen molar-refractivity contribution in [2.24, 2.45) is 0 Å². The van der Waals surface area contributed by atoms with Gasteiger partial charge in [-0.15, -0.1) is 11.6 Å². The molecule has 0 aliphatic heterocycles. The summed E-state index contributed by atoms with van der Waals surface area (Å²) in [6.45, 7) is 2.06. The molecule has 1 unspecified atom stereocenters. The molecule has 1 heterocycles. The predicted molar refractivity (Wildman–Crippen MR) is 57.0 cm³/mol. The summed E-state index contributed by atoms with van der Waals surface area (Å²) in [5.41, 5.74) is 0. The van der Waals surface area contributed by atoms with Crippen LogP contribution in [0.2, 0.25) is 0 Å². The van der Waals surface area contributed by atoms with Gasteiger partial charge in [-0.05, 0) is 6.42 Å². The highest BCUT2D eigenvalue weighted by molar-refractivity contribution is 6.18. The monoisotopic (exact) mass is 215 g/mol. The Labute approximate surface area is 88.7 Å². The normalized spacial score (nSPS) is 12.2. The van der Waals surface area contributed by atoms with Crippen molar-refractivity contribution in [3.63, 3.8) is 0 Å². The van der Waals surface area contributed by atoms with E-state index in [1.165, 1.54) is 0 Å². The molecule has 1 N–H and O–H groups in total. The third kappa shape index (κ3) is 3.03. The summed E-state index contributed by atoms with van der Waals surface area (Å²) in [5.74, 6) is 1.64. The third-order valence-corrected chi connectivity index (χ3v) is 2.22. The van der Waals surface area contributed by atoms with Gasteiger partial charge in [0.15, 0.2) is 0 Å². The topological polar surface area (TPSA) is 47.0 Å². The lowest BCUT2D eigenvalue weighted by Crippen LogP contribution is -2.21. The minimum atomic E-state index is 0.198. The molecule has 0 fully saturated rings. The van der Waals surface area contributed by atoms with Crippen molar-refractivity contribution in [2.45, 2.75) is 19.4 Å². The van der Waals surface area contributed by atoms with Crippen LogP contribution in [0.25, 0.3) is 0 Å². The lowest BCUT2D eigenvalue weighted by Gasteiger charge is -2.13. The standard InChI is InChI=1S/C9H14ClN3O/c1-3-7(6-10)12-9-11-5-4-8(13-9)14-2/h4-5,7H,3,6H2,1-2H3,(H,11,12,13). The number of anilines is 1. The van der Waals surface area contributed by atoms with Gasteiger partial charge in [0.1, 0.15) is 0 Å². The molecule has 0 spiro atoms. The molecule has 1 aromatic heterocycles. The molecule has 1 aromatic rings. The molecule has 0 aliphatic rings. The molecule has 78 valence electrons. The molecule has 1 rings (SSSR count). The molecule has 0 amide bonds. The van der Waals surface area contributed by atoms with Gasteiger partial charge in [0.05, 0.1) is 7.11 Å². The molecule has 0 radical (unpaired) electrons. The zero-order valence-corrected chi connectivity index (χ0v) is 9.08. The number of nitrogens with zero attached hydrogens (tertiary/aromatic N) is 2. The number of nitrogens with one attached hydrogen (secondary N) is 1. The molecular weight excluding hydrogens is 202 g/mol. The maximum absolute atomic E-state index is 5.74. The first kappa shape index (κ1) is 11.0. The second-order valence-electron chi connectivity index (χ2n) is 2.83. The quantitative estimate of drug-likeness (QED) is 0.763.